The van der Waals surface area contributed by atoms with Crippen LogP contribution in [0.15, 0.2) is 29.3 Å². The Hall–Kier alpha value is -1.84. The van der Waals surface area contributed by atoms with Crippen LogP contribution >= 0.6 is 24.0 Å². The van der Waals surface area contributed by atoms with E-state index in [9.17, 15) is 9.59 Å². The number of carbonyl (C=O) groups is 2. The van der Waals surface area contributed by atoms with Crippen molar-refractivity contribution in [1.29, 1.82) is 0 Å². The molecule has 1 heterocycles. The van der Waals surface area contributed by atoms with Crippen molar-refractivity contribution in [1.82, 2.24) is 15.5 Å². The van der Waals surface area contributed by atoms with Gasteiger partial charge in [0, 0.05) is 31.7 Å². The maximum atomic E-state index is 12.1. The molecule has 2 rings (SSSR count). The molecule has 1 aromatic rings. The molecule has 0 radical (unpaired) electrons. The van der Waals surface area contributed by atoms with Gasteiger partial charge in [-0.05, 0) is 51.3 Å². The predicted molar refractivity (Wildman–Crippen MR) is 126 cm³/mol. The summed E-state index contributed by atoms with van der Waals surface area (Å²) in [6, 6.07) is 7.51. The van der Waals surface area contributed by atoms with Crippen molar-refractivity contribution < 1.29 is 14.3 Å². The number of halogens is 1. The summed E-state index contributed by atoms with van der Waals surface area (Å²) in [6.45, 7) is 9.46. The Morgan fingerprint density at radius 2 is 1.97 bits per heavy atom. The Bertz CT molecular complexity index is 696. The van der Waals surface area contributed by atoms with Crippen molar-refractivity contribution in [2.75, 3.05) is 32.8 Å². The van der Waals surface area contributed by atoms with E-state index in [-0.39, 0.29) is 41.8 Å². The molecule has 162 valence electrons. The molecule has 2 N–H and O–H groups in total. The number of nitrogens with one attached hydrogen (secondary N) is 2. The molecule has 29 heavy (non-hydrogen) atoms. The van der Waals surface area contributed by atoms with Gasteiger partial charge in [-0.2, -0.15) is 0 Å². The number of hydrogen-bond acceptors (Lipinski definition) is 4. The van der Waals surface area contributed by atoms with Gasteiger partial charge in [0.05, 0.1) is 19.1 Å². The second-order valence-corrected chi connectivity index (χ2v) is 6.77. The first-order valence-corrected chi connectivity index (χ1v) is 10.2. The second-order valence-electron chi connectivity index (χ2n) is 6.77. The van der Waals surface area contributed by atoms with Crippen LogP contribution in [0.1, 0.15) is 49.5 Å². The van der Waals surface area contributed by atoms with E-state index >= 15 is 0 Å². The van der Waals surface area contributed by atoms with Gasteiger partial charge in [-0.15, -0.1) is 24.0 Å². The molecule has 8 heteroatoms. The monoisotopic (exact) mass is 516 g/mol. The zero-order valence-corrected chi connectivity index (χ0v) is 19.9. The quantitative estimate of drug-likeness (QED) is 0.252. The zero-order valence-electron chi connectivity index (χ0n) is 17.6. The number of ether oxygens (including phenoxy) is 1. The number of amides is 1. The number of nitrogens with zero attached hydrogens (tertiary/aromatic N) is 2. The average Bonchev–Trinajstić information content (AvgIpc) is 2.72. The van der Waals surface area contributed by atoms with Crippen LogP contribution in [-0.4, -0.2) is 55.5 Å². The summed E-state index contributed by atoms with van der Waals surface area (Å²) in [6.07, 6.45) is 1.78. The van der Waals surface area contributed by atoms with Crippen LogP contribution in [0.2, 0.25) is 0 Å². The fourth-order valence-electron chi connectivity index (χ4n) is 3.29. The molecule has 0 aliphatic carbocycles. The van der Waals surface area contributed by atoms with E-state index in [4.69, 9.17) is 9.73 Å². The number of carbonyl (C=O) groups excluding carboxylic acids is 2. The van der Waals surface area contributed by atoms with Gasteiger partial charge < -0.3 is 20.3 Å². The first-order valence-electron chi connectivity index (χ1n) is 10.2. The van der Waals surface area contributed by atoms with E-state index in [0.29, 0.717) is 31.8 Å². The summed E-state index contributed by atoms with van der Waals surface area (Å²) in [5.41, 5.74) is 1.61. The van der Waals surface area contributed by atoms with Crippen LogP contribution in [0, 0.1) is 5.92 Å². The Morgan fingerprint density at radius 1 is 1.21 bits per heavy atom. The van der Waals surface area contributed by atoms with Crippen molar-refractivity contribution in [2.24, 2.45) is 10.9 Å². The van der Waals surface area contributed by atoms with Crippen LogP contribution in [0.4, 0.5) is 0 Å². The summed E-state index contributed by atoms with van der Waals surface area (Å²) in [4.78, 5) is 31.0. The van der Waals surface area contributed by atoms with Gasteiger partial charge in [0.25, 0.3) is 5.91 Å². The van der Waals surface area contributed by atoms with Crippen molar-refractivity contribution in [3.05, 3.63) is 35.4 Å². The van der Waals surface area contributed by atoms with Gasteiger partial charge in [0.15, 0.2) is 5.96 Å². The molecule has 0 aromatic heterocycles. The average molecular weight is 516 g/mol. The summed E-state index contributed by atoms with van der Waals surface area (Å²) in [5.74, 6) is 0.477. The van der Waals surface area contributed by atoms with E-state index in [0.717, 1.165) is 37.5 Å². The van der Waals surface area contributed by atoms with Crippen molar-refractivity contribution in [2.45, 2.75) is 40.2 Å². The molecule has 1 fully saturated rings. The summed E-state index contributed by atoms with van der Waals surface area (Å²) in [7, 11) is 0. The Labute approximate surface area is 190 Å². The number of rotatable bonds is 7. The van der Waals surface area contributed by atoms with E-state index < -0.39 is 0 Å². The number of piperidine rings is 1. The Kier molecular flexibility index (Phi) is 11.6. The number of benzene rings is 1. The lowest BCUT2D eigenvalue weighted by Gasteiger charge is -2.34. The first kappa shape index (κ1) is 25.2. The van der Waals surface area contributed by atoms with Crippen molar-refractivity contribution in [3.8, 4) is 0 Å². The fraction of sp³-hybridized carbons (Fsp3) is 0.571. The SMILES string of the molecule is CCNC(=O)c1cccc(CN=C(NCC)N2CCCC(C(=O)OCC)C2)c1.I. The molecule has 7 nitrogen and oxygen atoms in total. The van der Waals surface area contributed by atoms with Gasteiger partial charge in [-0.3, -0.25) is 9.59 Å². The van der Waals surface area contributed by atoms with E-state index in [1.165, 1.54) is 0 Å². The predicted octanol–water partition coefficient (Wildman–Crippen LogP) is 2.79. The minimum absolute atomic E-state index is 0. The van der Waals surface area contributed by atoms with Gasteiger partial charge >= 0.3 is 5.97 Å². The van der Waals surface area contributed by atoms with Crippen LogP contribution in [-0.2, 0) is 16.1 Å². The number of esters is 1. The molecule has 1 saturated heterocycles. The van der Waals surface area contributed by atoms with Gasteiger partial charge in [0.2, 0.25) is 0 Å². The molecule has 0 bridgehead atoms. The molecule has 1 aromatic carbocycles. The second kappa shape index (κ2) is 13.4. The van der Waals surface area contributed by atoms with Crippen molar-refractivity contribution >= 4 is 41.8 Å². The third-order valence-corrected chi connectivity index (χ3v) is 4.61. The number of guanidine groups is 1. The highest BCUT2D eigenvalue weighted by molar-refractivity contribution is 14.0. The summed E-state index contributed by atoms with van der Waals surface area (Å²) in [5, 5.41) is 6.13. The maximum Gasteiger partial charge on any atom is 0.310 e. The Morgan fingerprint density at radius 3 is 2.66 bits per heavy atom. The van der Waals surface area contributed by atoms with Crippen LogP contribution in [0.25, 0.3) is 0 Å². The molecule has 0 spiro atoms. The lowest BCUT2D eigenvalue weighted by Crippen LogP contribution is -2.48. The minimum atomic E-state index is -0.127. The standard InChI is InChI=1S/C21H32N4O3.HI/c1-4-22-19(26)17-10-7-9-16(13-17)14-24-21(23-5-2)25-12-8-11-18(15-25)20(27)28-6-3;/h7,9-10,13,18H,4-6,8,11-12,14-15H2,1-3H3,(H,22,26)(H,23,24);1H. The van der Waals surface area contributed by atoms with E-state index in [1.54, 1.807) is 6.07 Å². The summed E-state index contributed by atoms with van der Waals surface area (Å²) >= 11 is 0. The van der Waals surface area contributed by atoms with Gasteiger partial charge in [-0.25, -0.2) is 4.99 Å². The van der Waals surface area contributed by atoms with Gasteiger partial charge in [0.1, 0.15) is 0 Å². The number of hydrogen-bond donors (Lipinski definition) is 2. The van der Waals surface area contributed by atoms with Crippen LogP contribution in [0.5, 0.6) is 0 Å². The number of aliphatic imine (C=N–C) groups is 1. The molecular weight excluding hydrogens is 483 g/mol. The fourth-order valence-corrected chi connectivity index (χ4v) is 3.29. The largest absolute Gasteiger partial charge is 0.466 e. The molecule has 1 unspecified atom stereocenters. The smallest absolute Gasteiger partial charge is 0.310 e. The molecule has 1 aliphatic rings. The van der Waals surface area contributed by atoms with Crippen LogP contribution in [0.3, 0.4) is 0 Å². The van der Waals surface area contributed by atoms with Gasteiger partial charge in [-0.1, -0.05) is 12.1 Å². The topological polar surface area (TPSA) is 83.0 Å². The van der Waals surface area contributed by atoms with Crippen molar-refractivity contribution in [3.63, 3.8) is 0 Å². The highest BCUT2D eigenvalue weighted by Crippen LogP contribution is 2.18. The number of likely N-dealkylation sites (tertiary alicyclic amines) is 1. The van der Waals surface area contributed by atoms with E-state index in [1.807, 2.05) is 39.0 Å². The lowest BCUT2D eigenvalue weighted by atomic mass is 9.98. The normalized spacial score (nSPS) is 16.6. The molecule has 1 amide bonds. The Balaban J connectivity index is 0.00000420. The molecule has 0 saturated carbocycles. The maximum absolute atomic E-state index is 12.1. The molecule has 1 atom stereocenters. The highest BCUT2D eigenvalue weighted by Gasteiger charge is 2.28. The third-order valence-electron chi connectivity index (χ3n) is 4.61. The summed E-state index contributed by atoms with van der Waals surface area (Å²) < 4.78 is 5.19. The minimum Gasteiger partial charge on any atom is -0.466 e. The lowest BCUT2D eigenvalue weighted by molar-refractivity contribution is -0.149. The molecular formula is C21H33IN4O3. The molecule has 1 aliphatic heterocycles. The van der Waals surface area contributed by atoms with E-state index in [2.05, 4.69) is 15.5 Å². The van der Waals surface area contributed by atoms with Crippen LogP contribution < -0.4 is 10.6 Å². The zero-order chi connectivity index (χ0) is 20.4. The third kappa shape index (κ3) is 7.83. The highest BCUT2D eigenvalue weighted by atomic mass is 127. The first-order chi connectivity index (χ1) is 13.6.